The molecule has 0 aliphatic carbocycles. The summed E-state index contributed by atoms with van der Waals surface area (Å²) < 4.78 is 12.6. The fourth-order valence-corrected chi connectivity index (χ4v) is 4.99. The summed E-state index contributed by atoms with van der Waals surface area (Å²) in [6, 6.07) is 7.40. The van der Waals surface area contributed by atoms with Gasteiger partial charge in [-0.2, -0.15) is 4.98 Å². The molecule has 2 fully saturated rings. The molecule has 1 aromatic carbocycles. The molecule has 2 saturated heterocycles. The first-order valence-corrected chi connectivity index (χ1v) is 13.4. The van der Waals surface area contributed by atoms with Crippen LogP contribution < -0.4 is 25.8 Å². The number of carbonyl (C=O) groups is 1. The van der Waals surface area contributed by atoms with Gasteiger partial charge in [0.05, 0.1) is 24.9 Å². The lowest BCUT2D eigenvalue weighted by atomic mass is 10.0. The Morgan fingerprint density at radius 1 is 1.29 bits per heavy atom. The third-order valence-corrected chi connectivity index (χ3v) is 7.38. The van der Waals surface area contributed by atoms with Crippen molar-refractivity contribution in [2.45, 2.75) is 32.7 Å². The summed E-state index contributed by atoms with van der Waals surface area (Å²) in [7, 11) is 1.53. The van der Waals surface area contributed by atoms with E-state index in [0.717, 1.165) is 42.5 Å². The Bertz CT molecular complexity index is 1380. The van der Waals surface area contributed by atoms with Crippen molar-refractivity contribution in [3.8, 4) is 5.75 Å². The van der Waals surface area contributed by atoms with Gasteiger partial charge in [-0.3, -0.25) is 9.59 Å². The lowest BCUT2D eigenvalue weighted by Crippen LogP contribution is -2.35. The fraction of sp³-hybridized carbons (Fsp3) is 0.481. The van der Waals surface area contributed by atoms with Crippen molar-refractivity contribution in [1.82, 2.24) is 19.9 Å². The van der Waals surface area contributed by atoms with Crippen LogP contribution in [0.15, 0.2) is 35.3 Å². The number of hydrogen-bond acceptors (Lipinski definition) is 8. The molecule has 0 bridgehead atoms. The maximum atomic E-state index is 13.3. The Labute approximate surface area is 226 Å². The van der Waals surface area contributed by atoms with Gasteiger partial charge in [-0.15, -0.1) is 0 Å². The minimum absolute atomic E-state index is 0.129. The van der Waals surface area contributed by atoms with Gasteiger partial charge in [0.25, 0.3) is 11.5 Å². The van der Waals surface area contributed by atoms with E-state index in [1.807, 2.05) is 18.2 Å². The molecule has 5 rings (SSSR count). The van der Waals surface area contributed by atoms with Gasteiger partial charge in [-0.1, -0.05) is 18.5 Å². The molecule has 2 aliphatic rings. The summed E-state index contributed by atoms with van der Waals surface area (Å²) in [5, 5.41) is 7.04. The third kappa shape index (κ3) is 5.86. The van der Waals surface area contributed by atoms with E-state index in [4.69, 9.17) is 26.1 Å². The zero-order valence-corrected chi connectivity index (χ0v) is 22.5. The number of nitrogens with zero attached hydrogens (tertiary/aromatic N) is 4. The average Bonchev–Trinajstić information content (AvgIpc) is 2.89. The van der Waals surface area contributed by atoms with Crippen LogP contribution >= 0.6 is 11.6 Å². The first-order chi connectivity index (χ1) is 18.4. The molecule has 202 valence electrons. The highest BCUT2D eigenvalue weighted by molar-refractivity contribution is 6.32. The van der Waals surface area contributed by atoms with E-state index < -0.39 is 0 Å². The SMILES string of the molecule is CNC(=O)COc1cc2cc(Nc3nc(N4CCC[C@H](C)C4)ncc3Cl)ccc2n(CCC2COC2)c1=O. The predicted octanol–water partition coefficient (Wildman–Crippen LogP) is 3.59. The fourth-order valence-electron chi connectivity index (χ4n) is 4.85. The molecule has 4 heterocycles. The maximum absolute atomic E-state index is 13.3. The summed E-state index contributed by atoms with van der Waals surface area (Å²) >= 11 is 6.46. The van der Waals surface area contributed by atoms with Crippen molar-refractivity contribution in [2.75, 3.05) is 50.2 Å². The van der Waals surface area contributed by atoms with Gasteiger partial charge in [-0.05, 0) is 49.4 Å². The number of benzene rings is 1. The van der Waals surface area contributed by atoms with Crippen molar-refractivity contribution >= 4 is 45.9 Å². The van der Waals surface area contributed by atoms with Crippen molar-refractivity contribution in [2.24, 2.45) is 11.8 Å². The number of halogens is 1. The summed E-state index contributed by atoms with van der Waals surface area (Å²) in [4.78, 5) is 36.4. The predicted molar refractivity (Wildman–Crippen MR) is 148 cm³/mol. The second kappa shape index (κ2) is 11.6. The zero-order chi connectivity index (χ0) is 26.6. The molecule has 0 radical (unpaired) electrons. The molecule has 2 aromatic heterocycles. The summed E-state index contributed by atoms with van der Waals surface area (Å²) in [6.07, 6.45) is 4.77. The number of aryl methyl sites for hydroxylation is 1. The van der Waals surface area contributed by atoms with Crippen LogP contribution in [0.3, 0.4) is 0 Å². The topological polar surface area (TPSA) is 111 Å². The molecule has 0 unspecified atom stereocenters. The first kappa shape index (κ1) is 26.2. The minimum Gasteiger partial charge on any atom is -0.478 e. The number of carbonyl (C=O) groups excluding carboxylic acids is 1. The summed E-state index contributed by atoms with van der Waals surface area (Å²) in [5.74, 6) is 2.02. The lowest BCUT2D eigenvalue weighted by molar-refractivity contribution is -0.122. The monoisotopic (exact) mass is 540 g/mol. The van der Waals surface area contributed by atoms with Crippen molar-refractivity contribution < 1.29 is 14.3 Å². The van der Waals surface area contributed by atoms with Crippen LogP contribution in [0.1, 0.15) is 26.2 Å². The van der Waals surface area contributed by atoms with Crippen LogP contribution in [0.5, 0.6) is 5.75 Å². The minimum atomic E-state index is -0.310. The Morgan fingerprint density at radius 3 is 2.87 bits per heavy atom. The number of nitrogens with one attached hydrogen (secondary N) is 2. The van der Waals surface area contributed by atoms with E-state index in [1.165, 1.54) is 13.5 Å². The average molecular weight is 541 g/mol. The van der Waals surface area contributed by atoms with E-state index >= 15 is 0 Å². The highest BCUT2D eigenvalue weighted by Crippen LogP contribution is 2.29. The molecule has 11 heteroatoms. The highest BCUT2D eigenvalue weighted by atomic mass is 35.5. The van der Waals surface area contributed by atoms with Gasteiger partial charge in [-0.25, -0.2) is 4.98 Å². The van der Waals surface area contributed by atoms with Gasteiger partial charge >= 0.3 is 0 Å². The second-order valence-electron chi connectivity index (χ2n) is 10.1. The highest BCUT2D eigenvalue weighted by Gasteiger charge is 2.21. The van der Waals surface area contributed by atoms with Crippen molar-refractivity contribution in [1.29, 1.82) is 0 Å². The van der Waals surface area contributed by atoms with Gasteiger partial charge < -0.3 is 29.6 Å². The molecule has 0 spiro atoms. The number of rotatable bonds is 9. The Kier molecular flexibility index (Phi) is 7.99. The smallest absolute Gasteiger partial charge is 0.293 e. The Balaban J connectivity index is 1.45. The molecule has 10 nitrogen and oxygen atoms in total. The Morgan fingerprint density at radius 2 is 2.13 bits per heavy atom. The number of amides is 1. The molecule has 2 aliphatic heterocycles. The molecule has 0 saturated carbocycles. The second-order valence-corrected chi connectivity index (χ2v) is 10.5. The molecule has 2 N–H and O–H groups in total. The zero-order valence-electron chi connectivity index (χ0n) is 21.7. The number of hydrogen-bond donors (Lipinski definition) is 2. The third-order valence-electron chi connectivity index (χ3n) is 7.10. The molecular formula is C27H33ClN6O4. The first-order valence-electron chi connectivity index (χ1n) is 13.0. The van der Waals surface area contributed by atoms with E-state index in [0.29, 0.717) is 48.4 Å². The van der Waals surface area contributed by atoms with E-state index in [2.05, 4.69) is 27.4 Å². The van der Waals surface area contributed by atoms with E-state index in [1.54, 1.807) is 16.8 Å². The van der Waals surface area contributed by atoms with Crippen LogP contribution in [-0.2, 0) is 16.1 Å². The van der Waals surface area contributed by atoms with Gasteiger partial charge in [0.15, 0.2) is 18.2 Å². The lowest BCUT2D eigenvalue weighted by Gasteiger charge is -2.31. The maximum Gasteiger partial charge on any atom is 0.293 e. The normalized spacial score (nSPS) is 17.8. The van der Waals surface area contributed by atoms with Crippen LogP contribution in [0.2, 0.25) is 5.02 Å². The number of piperidine rings is 1. The molecule has 1 amide bonds. The van der Waals surface area contributed by atoms with Crippen LogP contribution in [0, 0.1) is 11.8 Å². The van der Waals surface area contributed by atoms with E-state index in [9.17, 15) is 9.59 Å². The number of anilines is 3. The van der Waals surface area contributed by atoms with Crippen LogP contribution in [0.25, 0.3) is 10.9 Å². The Hall–Kier alpha value is -3.37. The summed E-state index contributed by atoms with van der Waals surface area (Å²) in [6.45, 7) is 5.80. The quantitative estimate of drug-likeness (QED) is 0.424. The van der Waals surface area contributed by atoms with E-state index in [-0.39, 0.29) is 23.8 Å². The van der Waals surface area contributed by atoms with Crippen LogP contribution in [-0.4, -0.2) is 60.4 Å². The number of pyridine rings is 1. The molecule has 1 atom stereocenters. The standard InChI is InChI=1S/C27H33ClN6O4/c1-17-4-3-8-33(13-17)27-30-12-21(28)25(32-27)31-20-5-6-22-19(10-20)11-23(38-16-24(35)29-2)26(36)34(22)9-7-18-14-37-15-18/h5-6,10-12,17-18H,3-4,7-9,13-16H2,1-2H3,(H,29,35)(H,30,31,32)/t17-/m0/s1. The number of likely N-dealkylation sites (N-methyl/N-ethyl adjacent to an activating group) is 1. The van der Waals surface area contributed by atoms with Crippen molar-refractivity contribution in [3.63, 3.8) is 0 Å². The van der Waals surface area contributed by atoms with Gasteiger partial charge in [0.1, 0.15) is 5.02 Å². The summed E-state index contributed by atoms with van der Waals surface area (Å²) in [5.41, 5.74) is 1.28. The van der Waals surface area contributed by atoms with Crippen LogP contribution in [0.4, 0.5) is 17.5 Å². The van der Waals surface area contributed by atoms with Gasteiger partial charge in [0.2, 0.25) is 5.95 Å². The van der Waals surface area contributed by atoms with Gasteiger partial charge in [0, 0.05) is 43.7 Å². The molecule has 3 aromatic rings. The largest absolute Gasteiger partial charge is 0.478 e. The number of fused-ring (bicyclic) bond motifs is 1. The van der Waals surface area contributed by atoms with Crippen molar-refractivity contribution in [3.05, 3.63) is 45.8 Å². The number of aromatic nitrogens is 3. The molecular weight excluding hydrogens is 508 g/mol. The molecule has 38 heavy (non-hydrogen) atoms. The number of ether oxygens (including phenoxy) is 2.